The van der Waals surface area contributed by atoms with Crippen LogP contribution in [0.1, 0.15) is 11.3 Å². The first kappa shape index (κ1) is 16.5. The minimum atomic E-state index is -0.276. The molecule has 2 heterocycles. The quantitative estimate of drug-likeness (QED) is 0.612. The van der Waals surface area contributed by atoms with Crippen molar-refractivity contribution in [1.82, 2.24) is 15.6 Å². The maximum Gasteiger partial charge on any atom is 0.320 e. The van der Waals surface area contributed by atoms with Crippen LogP contribution in [0.4, 0.5) is 0 Å². The van der Waals surface area contributed by atoms with Crippen molar-refractivity contribution in [3.05, 3.63) is 64.9 Å². The van der Waals surface area contributed by atoms with Gasteiger partial charge >= 0.3 is 5.97 Å². The molecule has 5 nitrogen and oxygen atoms in total. The SMILES string of the molecule is O=C(CNC1(c2cccc(Cl)n2)[C@@H]2CNC[C@@H]21)OCc1ccccc1. The number of nitrogens with zero attached hydrogens (tertiary/aromatic N) is 1. The van der Waals surface area contributed by atoms with Gasteiger partial charge in [0.2, 0.25) is 0 Å². The van der Waals surface area contributed by atoms with Crippen molar-refractivity contribution in [1.29, 1.82) is 0 Å². The van der Waals surface area contributed by atoms with Crippen LogP contribution >= 0.6 is 11.6 Å². The van der Waals surface area contributed by atoms with Crippen LogP contribution in [0, 0.1) is 11.8 Å². The molecule has 1 unspecified atom stereocenters. The highest BCUT2D eigenvalue weighted by Gasteiger charge is 2.68. The van der Waals surface area contributed by atoms with Gasteiger partial charge in [0.15, 0.2) is 0 Å². The van der Waals surface area contributed by atoms with Crippen molar-refractivity contribution >= 4 is 17.6 Å². The van der Waals surface area contributed by atoms with Crippen LogP contribution in [0.2, 0.25) is 5.15 Å². The van der Waals surface area contributed by atoms with E-state index in [-0.39, 0.29) is 24.7 Å². The third-order valence-corrected chi connectivity index (χ3v) is 5.39. The van der Waals surface area contributed by atoms with E-state index in [1.807, 2.05) is 42.5 Å². The first-order chi connectivity index (χ1) is 12.2. The van der Waals surface area contributed by atoms with Gasteiger partial charge in [-0.15, -0.1) is 0 Å². The molecule has 130 valence electrons. The molecule has 1 aliphatic carbocycles. The number of fused-ring (bicyclic) bond motifs is 1. The number of carbonyl (C=O) groups excluding carboxylic acids is 1. The highest BCUT2D eigenvalue weighted by molar-refractivity contribution is 6.29. The van der Waals surface area contributed by atoms with Crippen molar-refractivity contribution < 1.29 is 9.53 Å². The Morgan fingerprint density at radius 3 is 2.68 bits per heavy atom. The highest BCUT2D eigenvalue weighted by Crippen LogP contribution is 2.59. The molecule has 1 saturated heterocycles. The summed E-state index contributed by atoms with van der Waals surface area (Å²) < 4.78 is 5.37. The van der Waals surface area contributed by atoms with E-state index in [1.165, 1.54) is 0 Å². The Labute approximate surface area is 151 Å². The second-order valence-electron chi connectivity index (χ2n) is 6.59. The molecule has 3 atom stereocenters. The van der Waals surface area contributed by atoms with Crippen LogP contribution < -0.4 is 10.6 Å². The molecule has 0 bridgehead atoms. The number of pyridine rings is 1. The van der Waals surface area contributed by atoms with Gasteiger partial charge in [-0.3, -0.25) is 10.1 Å². The summed E-state index contributed by atoms with van der Waals surface area (Å²) in [7, 11) is 0. The fourth-order valence-electron chi connectivity index (χ4n) is 3.92. The number of aromatic nitrogens is 1. The minimum absolute atomic E-state index is 0.161. The lowest BCUT2D eigenvalue weighted by atomic mass is 10.1. The Morgan fingerprint density at radius 2 is 1.96 bits per heavy atom. The van der Waals surface area contributed by atoms with E-state index in [2.05, 4.69) is 15.6 Å². The molecular weight excluding hydrogens is 338 g/mol. The van der Waals surface area contributed by atoms with Crippen molar-refractivity contribution in [3.8, 4) is 0 Å². The summed E-state index contributed by atoms with van der Waals surface area (Å²) in [6.45, 7) is 2.29. The topological polar surface area (TPSA) is 63.2 Å². The highest BCUT2D eigenvalue weighted by atomic mass is 35.5. The third kappa shape index (κ3) is 3.15. The Kier molecular flexibility index (Phi) is 4.46. The summed E-state index contributed by atoms with van der Waals surface area (Å²) in [5.74, 6) is 0.601. The lowest BCUT2D eigenvalue weighted by Gasteiger charge is -2.22. The van der Waals surface area contributed by atoms with Crippen LogP contribution in [0.5, 0.6) is 0 Å². The number of nitrogens with one attached hydrogen (secondary N) is 2. The molecule has 25 heavy (non-hydrogen) atoms. The summed E-state index contributed by atoms with van der Waals surface area (Å²) in [5.41, 5.74) is 1.61. The molecule has 2 N–H and O–H groups in total. The Hall–Kier alpha value is -1.95. The fourth-order valence-corrected chi connectivity index (χ4v) is 4.08. The first-order valence-electron chi connectivity index (χ1n) is 8.48. The zero-order chi connectivity index (χ0) is 17.3. The summed E-state index contributed by atoms with van der Waals surface area (Å²) in [6, 6.07) is 15.3. The van der Waals surface area contributed by atoms with E-state index in [4.69, 9.17) is 16.3 Å². The maximum absolute atomic E-state index is 12.2. The molecule has 4 rings (SSSR count). The Morgan fingerprint density at radius 1 is 1.20 bits per heavy atom. The van der Waals surface area contributed by atoms with Gasteiger partial charge in [0, 0.05) is 24.9 Å². The van der Waals surface area contributed by atoms with Crippen LogP contribution in [-0.2, 0) is 21.7 Å². The van der Waals surface area contributed by atoms with E-state index in [1.54, 1.807) is 6.07 Å². The fraction of sp³-hybridized carbons (Fsp3) is 0.368. The predicted octanol–water partition coefficient (Wildman–Crippen LogP) is 2.11. The van der Waals surface area contributed by atoms with Gasteiger partial charge < -0.3 is 10.1 Å². The number of piperidine rings is 1. The van der Waals surface area contributed by atoms with E-state index in [0.29, 0.717) is 17.0 Å². The zero-order valence-electron chi connectivity index (χ0n) is 13.7. The van der Waals surface area contributed by atoms with Gasteiger partial charge in [-0.1, -0.05) is 48.0 Å². The maximum atomic E-state index is 12.2. The molecule has 0 amide bonds. The smallest absolute Gasteiger partial charge is 0.320 e. The lowest BCUT2D eigenvalue weighted by molar-refractivity contribution is -0.144. The van der Waals surface area contributed by atoms with Crippen molar-refractivity contribution in [2.24, 2.45) is 11.8 Å². The largest absolute Gasteiger partial charge is 0.460 e. The Balaban J connectivity index is 1.40. The van der Waals surface area contributed by atoms with Crippen molar-refractivity contribution in [2.75, 3.05) is 19.6 Å². The summed E-state index contributed by atoms with van der Waals surface area (Å²) in [6.07, 6.45) is 0. The van der Waals surface area contributed by atoms with Crippen LogP contribution in [0.15, 0.2) is 48.5 Å². The normalized spacial score (nSPS) is 26.9. The molecule has 2 fully saturated rings. The second-order valence-corrected chi connectivity index (χ2v) is 6.97. The average Bonchev–Trinajstić information content (AvgIpc) is 2.98. The van der Waals surface area contributed by atoms with Crippen LogP contribution in [0.25, 0.3) is 0 Å². The number of hydrogen-bond acceptors (Lipinski definition) is 5. The van der Waals surface area contributed by atoms with E-state index >= 15 is 0 Å². The number of hydrogen-bond donors (Lipinski definition) is 2. The summed E-state index contributed by atoms with van der Waals surface area (Å²) in [5, 5.41) is 7.27. The van der Waals surface area contributed by atoms with E-state index in [9.17, 15) is 4.79 Å². The second kappa shape index (κ2) is 6.75. The zero-order valence-corrected chi connectivity index (χ0v) is 14.5. The number of benzene rings is 1. The number of ether oxygens (including phenoxy) is 1. The average molecular weight is 358 g/mol. The summed E-state index contributed by atoms with van der Waals surface area (Å²) in [4.78, 5) is 16.6. The molecule has 2 aliphatic rings. The first-order valence-corrected chi connectivity index (χ1v) is 8.86. The standard InChI is InChI=1S/C19H20ClN3O2/c20-17-8-4-7-16(23-17)19(14-9-21-10-15(14)19)22-11-18(24)25-12-13-5-2-1-3-6-13/h1-8,14-15,21-22H,9-12H2/t14-,15+,19?. The number of halogens is 1. The molecule has 1 aliphatic heterocycles. The molecule has 2 aromatic rings. The van der Waals surface area contributed by atoms with Gasteiger partial charge in [-0.2, -0.15) is 0 Å². The van der Waals surface area contributed by atoms with E-state index < -0.39 is 0 Å². The van der Waals surface area contributed by atoms with E-state index in [0.717, 1.165) is 24.3 Å². The van der Waals surface area contributed by atoms with Gasteiger partial charge in [0.1, 0.15) is 11.8 Å². The van der Waals surface area contributed by atoms with Gasteiger partial charge in [0.25, 0.3) is 0 Å². The monoisotopic (exact) mass is 357 g/mol. The van der Waals surface area contributed by atoms with Crippen LogP contribution in [0.3, 0.4) is 0 Å². The number of esters is 1. The predicted molar refractivity (Wildman–Crippen MR) is 95.0 cm³/mol. The molecule has 1 aromatic carbocycles. The molecule has 0 radical (unpaired) electrons. The van der Waals surface area contributed by atoms with Crippen molar-refractivity contribution in [3.63, 3.8) is 0 Å². The van der Waals surface area contributed by atoms with Gasteiger partial charge in [-0.05, 0) is 17.7 Å². The molecule has 0 spiro atoms. The molecule has 1 aromatic heterocycles. The molecular formula is C19H20ClN3O2. The summed E-state index contributed by atoms with van der Waals surface area (Å²) >= 11 is 6.07. The number of carbonyl (C=O) groups is 1. The minimum Gasteiger partial charge on any atom is -0.460 e. The molecule has 6 heteroatoms. The van der Waals surface area contributed by atoms with Crippen LogP contribution in [-0.4, -0.2) is 30.6 Å². The molecule has 1 saturated carbocycles. The third-order valence-electron chi connectivity index (χ3n) is 5.18. The lowest BCUT2D eigenvalue weighted by Crippen LogP contribution is -2.41. The van der Waals surface area contributed by atoms with Crippen molar-refractivity contribution in [2.45, 2.75) is 12.1 Å². The van der Waals surface area contributed by atoms with Gasteiger partial charge in [-0.25, -0.2) is 4.98 Å². The Bertz CT molecular complexity index is 758. The van der Waals surface area contributed by atoms with Gasteiger partial charge in [0.05, 0.1) is 17.8 Å². The number of rotatable bonds is 6.